The number of amides is 1. The van der Waals surface area contributed by atoms with Crippen molar-refractivity contribution >= 4 is 23.1 Å². The minimum absolute atomic E-state index is 0.0442. The van der Waals surface area contributed by atoms with E-state index in [2.05, 4.69) is 51.8 Å². The van der Waals surface area contributed by atoms with Gasteiger partial charge in [-0.1, -0.05) is 12.6 Å². The van der Waals surface area contributed by atoms with E-state index in [4.69, 9.17) is 9.47 Å². The lowest BCUT2D eigenvalue weighted by molar-refractivity contribution is -0.125. The highest BCUT2D eigenvalue weighted by atomic mass is 16.5. The molecule has 1 amide bonds. The van der Waals surface area contributed by atoms with Crippen molar-refractivity contribution in [2.75, 3.05) is 62.7 Å². The Labute approximate surface area is 206 Å². The van der Waals surface area contributed by atoms with Gasteiger partial charge in [0.25, 0.3) is 0 Å². The van der Waals surface area contributed by atoms with E-state index in [1.54, 1.807) is 0 Å². The Bertz CT molecular complexity index is 1140. The first-order valence-corrected chi connectivity index (χ1v) is 12.6. The van der Waals surface area contributed by atoms with Crippen LogP contribution in [0.15, 0.2) is 37.1 Å². The van der Waals surface area contributed by atoms with Crippen LogP contribution in [-0.2, 0) is 16.1 Å². The summed E-state index contributed by atoms with van der Waals surface area (Å²) in [5.74, 6) is 2.31. The fourth-order valence-electron chi connectivity index (χ4n) is 5.82. The molecule has 4 aliphatic heterocycles. The van der Waals surface area contributed by atoms with Crippen molar-refractivity contribution in [2.45, 2.75) is 31.9 Å². The largest absolute Gasteiger partial charge is 0.486 e. The van der Waals surface area contributed by atoms with E-state index in [-0.39, 0.29) is 5.91 Å². The van der Waals surface area contributed by atoms with Crippen molar-refractivity contribution in [1.29, 1.82) is 0 Å². The molecular formula is C27H33N5O3. The zero-order valence-corrected chi connectivity index (χ0v) is 20.3. The number of aromatic nitrogens is 1. The molecule has 1 aromatic carbocycles. The number of likely N-dealkylation sites (tertiary alicyclic amines) is 2. The monoisotopic (exact) mass is 475 g/mol. The standard InChI is InChI=1S/C27H33N5O3/c1-3-25(33)31-7-5-21(16-31)32-14-20(15-32)19-12-18(2)26-23(13-19)29-27-22(17-35-26)24(4-6-28-27)30-8-10-34-11-9-30/h3-4,6,12-13,20-21H,1,5,7-11,14-17H2,2H3,(H,28,29)/t21-/m1/s1. The van der Waals surface area contributed by atoms with E-state index in [1.807, 2.05) is 11.1 Å². The van der Waals surface area contributed by atoms with Crippen LogP contribution in [0.4, 0.5) is 17.2 Å². The summed E-state index contributed by atoms with van der Waals surface area (Å²) in [6.45, 7) is 13.2. The van der Waals surface area contributed by atoms with Crippen LogP contribution in [0.2, 0.25) is 0 Å². The molecule has 0 radical (unpaired) electrons. The molecule has 35 heavy (non-hydrogen) atoms. The van der Waals surface area contributed by atoms with Crippen LogP contribution < -0.4 is 15.0 Å². The second-order valence-electron chi connectivity index (χ2n) is 9.97. The Balaban J connectivity index is 1.18. The number of pyridine rings is 1. The van der Waals surface area contributed by atoms with Crippen molar-refractivity contribution in [3.05, 3.63) is 53.7 Å². The Morgan fingerprint density at radius 3 is 2.83 bits per heavy atom. The maximum Gasteiger partial charge on any atom is 0.246 e. The zero-order valence-electron chi connectivity index (χ0n) is 20.3. The zero-order chi connectivity index (χ0) is 23.9. The third kappa shape index (κ3) is 4.15. The van der Waals surface area contributed by atoms with Gasteiger partial charge < -0.3 is 24.6 Å². The smallest absolute Gasteiger partial charge is 0.246 e. The summed E-state index contributed by atoms with van der Waals surface area (Å²) in [6, 6.07) is 7.05. The highest BCUT2D eigenvalue weighted by Gasteiger charge is 2.38. The van der Waals surface area contributed by atoms with E-state index in [0.29, 0.717) is 18.6 Å². The predicted molar refractivity (Wildman–Crippen MR) is 136 cm³/mol. The first-order chi connectivity index (χ1) is 17.1. The number of hydrogen-bond acceptors (Lipinski definition) is 7. The molecule has 3 saturated heterocycles. The highest BCUT2D eigenvalue weighted by Crippen LogP contribution is 2.42. The number of nitrogens with zero attached hydrogens (tertiary/aromatic N) is 4. The molecule has 184 valence electrons. The Hall–Kier alpha value is -3.10. The number of benzene rings is 1. The number of anilines is 3. The summed E-state index contributed by atoms with van der Waals surface area (Å²) in [6.07, 6.45) is 4.34. The van der Waals surface area contributed by atoms with Gasteiger partial charge in [-0.15, -0.1) is 0 Å². The van der Waals surface area contributed by atoms with E-state index in [0.717, 1.165) is 87.3 Å². The van der Waals surface area contributed by atoms with Gasteiger partial charge in [-0.2, -0.15) is 0 Å². The van der Waals surface area contributed by atoms with Crippen LogP contribution in [0.1, 0.15) is 29.0 Å². The molecule has 5 heterocycles. The van der Waals surface area contributed by atoms with Gasteiger partial charge >= 0.3 is 0 Å². The molecule has 1 N–H and O–H groups in total. The lowest BCUT2D eigenvalue weighted by Crippen LogP contribution is -2.51. The van der Waals surface area contributed by atoms with Gasteiger partial charge in [-0.25, -0.2) is 4.98 Å². The molecule has 8 heteroatoms. The minimum Gasteiger partial charge on any atom is -0.486 e. The SMILES string of the molecule is C=CC(=O)N1CC[C@@H](N2CC(c3cc(C)c4c(c3)Nc3nccc(N5CCOCC5)c3CO4)C2)C1. The van der Waals surface area contributed by atoms with Crippen LogP contribution >= 0.6 is 0 Å². The fourth-order valence-corrected chi connectivity index (χ4v) is 5.82. The molecule has 8 nitrogen and oxygen atoms in total. The van der Waals surface area contributed by atoms with Gasteiger partial charge in [-0.05, 0) is 42.7 Å². The molecule has 0 bridgehead atoms. The molecule has 6 rings (SSSR count). The molecule has 1 aromatic heterocycles. The summed E-state index contributed by atoms with van der Waals surface area (Å²) in [5.41, 5.74) is 5.74. The lowest BCUT2D eigenvalue weighted by atomic mass is 9.88. The maximum absolute atomic E-state index is 11.9. The van der Waals surface area contributed by atoms with Gasteiger partial charge in [-0.3, -0.25) is 9.69 Å². The van der Waals surface area contributed by atoms with Crippen molar-refractivity contribution in [3.8, 4) is 5.75 Å². The van der Waals surface area contributed by atoms with Crippen LogP contribution in [0.5, 0.6) is 5.75 Å². The molecule has 4 aliphatic rings. The van der Waals surface area contributed by atoms with E-state index >= 15 is 0 Å². The summed E-state index contributed by atoms with van der Waals surface area (Å²) >= 11 is 0. The predicted octanol–water partition coefficient (Wildman–Crippen LogP) is 3.05. The van der Waals surface area contributed by atoms with Crippen molar-refractivity contribution < 1.29 is 14.3 Å². The van der Waals surface area contributed by atoms with E-state index in [9.17, 15) is 4.79 Å². The molecule has 0 aliphatic carbocycles. The fraction of sp³-hybridized carbons (Fsp3) is 0.481. The second-order valence-corrected chi connectivity index (χ2v) is 9.97. The Morgan fingerprint density at radius 1 is 1.20 bits per heavy atom. The first kappa shape index (κ1) is 22.4. The summed E-state index contributed by atoms with van der Waals surface area (Å²) in [4.78, 5) is 23.4. The highest BCUT2D eigenvalue weighted by molar-refractivity contribution is 5.87. The van der Waals surface area contributed by atoms with Crippen LogP contribution in [0, 0.1) is 6.92 Å². The van der Waals surface area contributed by atoms with Gasteiger partial charge in [0.15, 0.2) is 0 Å². The van der Waals surface area contributed by atoms with Crippen molar-refractivity contribution in [2.24, 2.45) is 0 Å². The molecule has 2 aromatic rings. The molecule has 0 unspecified atom stereocenters. The van der Waals surface area contributed by atoms with Crippen LogP contribution in [0.3, 0.4) is 0 Å². The van der Waals surface area contributed by atoms with E-state index < -0.39 is 0 Å². The maximum atomic E-state index is 11.9. The lowest BCUT2D eigenvalue weighted by Gasteiger charge is -2.43. The molecular weight excluding hydrogens is 442 g/mol. The quantitative estimate of drug-likeness (QED) is 0.682. The number of carbonyl (C=O) groups excluding carboxylic acids is 1. The van der Waals surface area contributed by atoms with Gasteiger partial charge in [0.05, 0.1) is 24.5 Å². The number of aryl methyl sites for hydroxylation is 1. The number of fused-ring (bicyclic) bond motifs is 2. The number of rotatable bonds is 4. The average Bonchev–Trinajstić information content (AvgIpc) is 3.24. The second kappa shape index (κ2) is 9.17. The molecule has 0 spiro atoms. The third-order valence-corrected chi connectivity index (χ3v) is 7.84. The summed E-state index contributed by atoms with van der Waals surface area (Å²) in [7, 11) is 0. The Morgan fingerprint density at radius 2 is 2.03 bits per heavy atom. The number of morpholine rings is 1. The Kier molecular flexibility index (Phi) is 5.86. The molecule has 0 saturated carbocycles. The van der Waals surface area contributed by atoms with Gasteiger partial charge in [0.2, 0.25) is 5.91 Å². The number of ether oxygens (including phenoxy) is 2. The van der Waals surface area contributed by atoms with Crippen molar-refractivity contribution in [3.63, 3.8) is 0 Å². The van der Waals surface area contributed by atoms with Crippen LogP contribution in [-0.4, -0.2) is 79.2 Å². The summed E-state index contributed by atoms with van der Waals surface area (Å²) < 4.78 is 11.9. The third-order valence-electron chi connectivity index (χ3n) is 7.84. The number of carbonyl (C=O) groups is 1. The van der Waals surface area contributed by atoms with E-state index in [1.165, 1.54) is 17.3 Å². The minimum atomic E-state index is 0.0442. The molecule has 1 atom stereocenters. The first-order valence-electron chi connectivity index (χ1n) is 12.6. The normalized spacial score (nSPS) is 22.4. The van der Waals surface area contributed by atoms with Gasteiger partial charge in [0.1, 0.15) is 18.2 Å². The van der Waals surface area contributed by atoms with Crippen molar-refractivity contribution in [1.82, 2.24) is 14.8 Å². The summed E-state index contributed by atoms with van der Waals surface area (Å²) in [5, 5.41) is 3.60. The average molecular weight is 476 g/mol. The molecule has 3 fully saturated rings. The van der Waals surface area contributed by atoms with Crippen LogP contribution in [0.25, 0.3) is 0 Å². The topological polar surface area (TPSA) is 70.2 Å². The van der Waals surface area contributed by atoms with Gasteiger partial charge in [0, 0.05) is 63.1 Å². The number of nitrogens with one attached hydrogen (secondary N) is 1. The number of hydrogen-bond donors (Lipinski definition) is 1.